The molecule has 0 saturated heterocycles. The van der Waals surface area contributed by atoms with Crippen molar-refractivity contribution in [1.82, 2.24) is 9.55 Å². The number of aromatic hydroxyl groups is 1. The van der Waals surface area contributed by atoms with Gasteiger partial charge in [0.15, 0.2) is 5.65 Å². The normalized spacial score (nSPS) is 10.9. The number of anilines is 1. The van der Waals surface area contributed by atoms with Gasteiger partial charge in [-0.1, -0.05) is 6.07 Å². The number of amides is 1. The number of benzene rings is 2. The summed E-state index contributed by atoms with van der Waals surface area (Å²) in [5.74, 6) is -2.52. The van der Waals surface area contributed by atoms with Gasteiger partial charge in [-0.15, -0.1) is 0 Å². The molecule has 0 aliphatic carbocycles. The molecule has 0 atom stereocenters. The molecule has 0 aliphatic heterocycles. The van der Waals surface area contributed by atoms with Gasteiger partial charge in [0, 0.05) is 11.9 Å². The molecule has 0 bridgehead atoms. The first-order valence-electron chi connectivity index (χ1n) is 8.93. The van der Waals surface area contributed by atoms with Crippen molar-refractivity contribution in [2.75, 3.05) is 5.32 Å². The number of hydrogen-bond acceptors (Lipinski definition) is 4. The Labute approximate surface area is 169 Å². The highest BCUT2D eigenvalue weighted by Crippen LogP contribution is 2.28. The maximum atomic E-state index is 13.6. The van der Waals surface area contributed by atoms with Gasteiger partial charge in [-0.3, -0.25) is 14.2 Å². The van der Waals surface area contributed by atoms with E-state index in [2.05, 4.69) is 10.3 Å². The lowest BCUT2D eigenvalue weighted by Gasteiger charge is -2.15. The van der Waals surface area contributed by atoms with Gasteiger partial charge in [-0.25, -0.2) is 13.8 Å². The molecule has 8 heteroatoms. The van der Waals surface area contributed by atoms with Gasteiger partial charge < -0.3 is 10.4 Å². The summed E-state index contributed by atoms with van der Waals surface area (Å²) in [5, 5.41) is 13.3. The third-order valence-corrected chi connectivity index (χ3v) is 4.67. The first kappa shape index (κ1) is 19.3. The highest BCUT2D eigenvalue weighted by atomic mass is 19.1. The second-order valence-corrected chi connectivity index (χ2v) is 6.63. The number of nitrogens with zero attached hydrogens (tertiary/aromatic N) is 2. The van der Waals surface area contributed by atoms with E-state index in [-0.39, 0.29) is 22.4 Å². The summed E-state index contributed by atoms with van der Waals surface area (Å²) in [5.41, 5.74) is -0.282. The van der Waals surface area contributed by atoms with Crippen LogP contribution in [0.4, 0.5) is 14.5 Å². The van der Waals surface area contributed by atoms with Crippen molar-refractivity contribution in [2.24, 2.45) is 0 Å². The van der Waals surface area contributed by atoms with E-state index in [0.29, 0.717) is 5.56 Å². The van der Waals surface area contributed by atoms with Gasteiger partial charge in [0.25, 0.3) is 11.5 Å². The van der Waals surface area contributed by atoms with Crippen molar-refractivity contribution in [3.8, 4) is 11.4 Å². The van der Waals surface area contributed by atoms with Crippen LogP contribution in [0.5, 0.6) is 5.75 Å². The molecule has 2 aromatic heterocycles. The molecule has 0 fully saturated rings. The van der Waals surface area contributed by atoms with E-state index in [1.807, 2.05) is 0 Å². The Morgan fingerprint density at radius 1 is 1.07 bits per heavy atom. The molecule has 0 saturated carbocycles. The summed E-state index contributed by atoms with van der Waals surface area (Å²) in [6, 6.07) is 11.9. The van der Waals surface area contributed by atoms with E-state index < -0.39 is 34.4 Å². The minimum atomic E-state index is -0.909. The molecule has 0 radical (unpaired) electrons. The topological polar surface area (TPSA) is 84.2 Å². The van der Waals surface area contributed by atoms with Crippen LogP contribution in [0.2, 0.25) is 0 Å². The van der Waals surface area contributed by atoms with E-state index in [0.717, 1.165) is 10.6 Å². The van der Waals surface area contributed by atoms with Crippen molar-refractivity contribution in [2.45, 2.75) is 6.92 Å². The number of carbonyl (C=O) groups excluding carboxylic acids is 1. The molecule has 0 aliphatic rings. The highest BCUT2D eigenvalue weighted by Gasteiger charge is 2.24. The first-order chi connectivity index (χ1) is 14.4. The molecular formula is C22H15F2N3O3. The highest BCUT2D eigenvalue weighted by molar-refractivity contribution is 6.09. The van der Waals surface area contributed by atoms with Crippen LogP contribution >= 0.6 is 0 Å². The molecule has 1 amide bonds. The predicted octanol–water partition coefficient (Wildman–Crippen LogP) is 3.93. The molecule has 4 rings (SSSR count). The molecule has 0 unspecified atom stereocenters. The second-order valence-electron chi connectivity index (χ2n) is 6.63. The lowest BCUT2D eigenvalue weighted by atomic mass is 10.1. The molecule has 30 heavy (non-hydrogen) atoms. The minimum Gasteiger partial charge on any atom is -0.506 e. The van der Waals surface area contributed by atoms with Crippen molar-refractivity contribution in [3.05, 3.63) is 93.9 Å². The van der Waals surface area contributed by atoms with E-state index in [1.54, 1.807) is 13.0 Å². The molecule has 2 N–H and O–H groups in total. The average Bonchev–Trinajstić information content (AvgIpc) is 2.72. The maximum Gasteiger partial charge on any atom is 0.273 e. The molecule has 4 aromatic rings. The lowest BCUT2D eigenvalue weighted by Crippen LogP contribution is -2.29. The van der Waals surface area contributed by atoms with Gasteiger partial charge in [-0.05, 0) is 61.0 Å². The van der Waals surface area contributed by atoms with Crippen LogP contribution in [0, 0.1) is 18.6 Å². The predicted molar refractivity (Wildman–Crippen MR) is 108 cm³/mol. The Morgan fingerprint density at radius 2 is 1.77 bits per heavy atom. The summed E-state index contributed by atoms with van der Waals surface area (Å²) >= 11 is 0. The van der Waals surface area contributed by atoms with Crippen LogP contribution in [0.3, 0.4) is 0 Å². The molecular weight excluding hydrogens is 392 g/mol. The number of nitrogens with one attached hydrogen (secondary N) is 1. The zero-order valence-electron chi connectivity index (χ0n) is 15.7. The Morgan fingerprint density at radius 3 is 2.50 bits per heavy atom. The zero-order valence-corrected chi connectivity index (χ0v) is 15.7. The Balaban J connectivity index is 1.94. The number of halogens is 2. The maximum absolute atomic E-state index is 13.6. The summed E-state index contributed by atoms with van der Waals surface area (Å²) in [7, 11) is 0. The minimum absolute atomic E-state index is 0.102. The van der Waals surface area contributed by atoms with Gasteiger partial charge in [0.1, 0.15) is 22.9 Å². The lowest BCUT2D eigenvalue weighted by molar-refractivity contribution is 0.102. The van der Waals surface area contributed by atoms with Gasteiger partial charge in [0.2, 0.25) is 0 Å². The van der Waals surface area contributed by atoms with Crippen molar-refractivity contribution in [3.63, 3.8) is 0 Å². The zero-order chi connectivity index (χ0) is 21.4. The number of pyridine rings is 2. The Bertz CT molecular complexity index is 1350. The Hall–Kier alpha value is -4.07. The molecule has 150 valence electrons. The second kappa shape index (κ2) is 7.40. The first-order valence-corrected chi connectivity index (χ1v) is 8.93. The third-order valence-electron chi connectivity index (χ3n) is 4.67. The van der Waals surface area contributed by atoms with E-state index in [9.17, 15) is 23.5 Å². The number of aryl methyl sites for hydroxylation is 1. The van der Waals surface area contributed by atoms with Crippen molar-refractivity contribution in [1.29, 1.82) is 0 Å². The van der Waals surface area contributed by atoms with Gasteiger partial charge >= 0.3 is 0 Å². The smallest absolute Gasteiger partial charge is 0.273 e. The number of carbonyl (C=O) groups is 1. The molecule has 0 spiro atoms. The fraction of sp³-hybridized carbons (Fsp3) is 0.0455. The summed E-state index contributed by atoms with van der Waals surface area (Å²) < 4.78 is 28.1. The van der Waals surface area contributed by atoms with Crippen molar-refractivity contribution < 1.29 is 18.7 Å². The fourth-order valence-corrected chi connectivity index (χ4v) is 3.15. The molecule has 6 nitrogen and oxygen atoms in total. The SMILES string of the molecule is Cc1ccc(F)cc1NC(=O)c1c(O)c2cccnc2n(-c2ccc(F)cc2)c1=O. The Kier molecular flexibility index (Phi) is 4.75. The average molecular weight is 407 g/mol. The van der Waals surface area contributed by atoms with E-state index >= 15 is 0 Å². The quantitative estimate of drug-likeness (QED) is 0.539. The van der Waals surface area contributed by atoms with E-state index in [4.69, 9.17) is 0 Å². The monoisotopic (exact) mass is 407 g/mol. The van der Waals surface area contributed by atoms with Crippen LogP contribution in [0.1, 0.15) is 15.9 Å². The van der Waals surface area contributed by atoms with E-state index in [1.165, 1.54) is 48.7 Å². The van der Waals surface area contributed by atoms with Crippen LogP contribution < -0.4 is 10.9 Å². The third kappa shape index (κ3) is 3.28. The van der Waals surface area contributed by atoms with Gasteiger partial charge in [0.05, 0.1) is 11.1 Å². The molecule has 2 aromatic carbocycles. The standard InChI is InChI=1S/C22H15F2N3O3/c1-12-4-5-14(24)11-17(12)26-21(29)18-19(28)16-3-2-10-25-20(16)27(22(18)30)15-8-6-13(23)7-9-15/h2-11,28H,1H3,(H,26,29). The van der Waals surface area contributed by atoms with Crippen LogP contribution in [0.25, 0.3) is 16.7 Å². The van der Waals surface area contributed by atoms with Crippen LogP contribution in [-0.4, -0.2) is 20.6 Å². The van der Waals surface area contributed by atoms with Crippen LogP contribution in [-0.2, 0) is 0 Å². The van der Waals surface area contributed by atoms with Crippen LogP contribution in [0.15, 0.2) is 65.6 Å². The summed E-state index contributed by atoms with van der Waals surface area (Å²) in [4.78, 5) is 30.3. The van der Waals surface area contributed by atoms with Gasteiger partial charge in [-0.2, -0.15) is 0 Å². The fourth-order valence-electron chi connectivity index (χ4n) is 3.15. The number of hydrogen-bond donors (Lipinski definition) is 2. The number of fused-ring (bicyclic) bond motifs is 1. The summed E-state index contributed by atoms with van der Waals surface area (Å²) in [6.45, 7) is 1.66. The summed E-state index contributed by atoms with van der Waals surface area (Å²) in [6.07, 6.45) is 1.43. The molecule has 2 heterocycles. The number of rotatable bonds is 3. The number of aromatic nitrogens is 2. The van der Waals surface area contributed by atoms with Crippen molar-refractivity contribution >= 4 is 22.6 Å². The largest absolute Gasteiger partial charge is 0.506 e.